The lowest BCUT2D eigenvalue weighted by atomic mass is 10.2. The Morgan fingerprint density at radius 1 is 0.889 bits per heavy atom. The molecule has 0 saturated carbocycles. The topological polar surface area (TPSA) is 73.8 Å². The first-order valence-corrected chi connectivity index (χ1v) is 9.89. The molecule has 0 atom stereocenters. The van der Waals surface area contributed by atoms with E-state index in [-0.39, 0.29) is 5.69 Å². The Hall–Kier alpha value is -2.67. The Balaban J connectivity index is 0.00000103. The molecule has 7 heteroatoms. The van der Waals surface area contributed by atoms with E-state index in [2.05, 4.69) is 10.1 Å². The van der Waals surface area contributed by atoms with Gasteiger partial charge in [-0.15, -0.1) is 5.10 Å². The van der Waals surface area contributed by atoms with Crippen LogP contribution in [0, 0.1) is 10.1 Å². The highest BCUT2D eigenvalue weighted by Crippen LogP contribution is 2.23. The monoisotopic (exact) mass is 388 g/mol. The van der Waals surface area contributed by atoms with Gasteiger partial charge in [0.05, 0.1) is 4.92 Å². The molecule has 1 heterocycles. The van der Waals surface area contributed by atoms with Crippen LogP contribution in [0.5, 0.6) is 0 Å². The van der Waals surface area contributed by atoms with Crippen molar-refractivity contribution in [1.29, 1.82) is 0 Å². The van der Waals surface area contributed by atoms with Crippen molar-refractivity contribution in [2.24, 2.45) is 0 Å². The lowest BCUT2D eigenvalue weighted by Gasteiger charge is -1.99. The van der Waals surface area contributed by atoms with E-state index >= 15 is 0 Å². The van der Waals surface area contributed by atoms with Crippen molar-refractivity contribution in [3.05, 3.63) is 71.0 Å². The molecule has 0 fully saturated rings. The second kappa shape index (κ2) is 14.5. The van der Waals surface area contributed by atoms with Crippen LogP contribution in [0.15, 0.2) is 65.8 Å². The largest absolute Gasteiger partial charge is 0.269 e. The summed E-state index contributed by atoms with van der Waals surface area (Å²) in [5, 5.41) is 15.0. The minimum absolute atomic E-state index is 0.0721. The summed E-state index contributed by atoms with van der Waals surface area (Å²) in [5.41, 5.74) is 1.02. The van der Waals surface area contributed by atoms with Gasteiger partial charge in [0.1, 0.15) is 6.33 Å². The van der Waals surface area contributed by atoms with Gasteiger partial charge in [-0.05, 0) is 12.1 Å². The summed E-state index contributed by atoms with van der Waals surface area (Å²) >= 11 is 1.34. The van der Waals surface area contributed by atoms with Gasteiger partial charge in [0.2, 0.25) is 0 Å². The highest BCUT2D eigenvalue weighted by Gasteiger charge is 2.07. The van der Waals surface area contributed by atoms with Crippen molar-refractivity contribution < 1.29 is 4.92 Å². The van der Waals surface area contributed by atoms with E-state index in [1.807, 2.05) is 71.9 Å². The van der Waals surface area contributed by atoms with Crippen molar-refractivity contribution in [1.82, 2.24) is 14.2 Å². The van der Waals surface area contributed by atoms with E-state index < -0.39 is 4.92 Å². The van der Waals surface area contributed by atoms with Gasteiger partial charge < -0.3 is 0 Å². The summed E-state index contributed by atoms with van der Waals surface area (Å²) in [5.74, 6) is 0.644. The Kier molecular flexibility index (Phi) is 13.1. The number of nitrogens with zero attached hydrogens (tertiary/aromatic N) is 4. The van der Waals surface area contributed by atoms with E-state index in [4.69, 9.17) is 0 Å². The predicted molar refractivity (Wildman–Crippen MR) is 114 cm³/mol. The first-order chi connectivity index (χ1) is 13.2. The molecule has 0 spiro atoms. The smallest absolute Gasteiger partial charge is 0.258 e. The fraction of sp³-hybridized carbons (Fsp3) is 0.300. The maximum absolute atomic E-state index is 10.6. The first-order valence-electron chi connectivity index (χ1n) is 9.12. The zero-order valence-electron chi connectivity index (χ0n) is 16.8. The first kappa shape index (κ1) is 24.3. The van der Waals surface area contributed by atoms with Crippen molar-refractivity contribution in [2.75, 3.05) is 0 Å². The molecule has 27 heavy (non-hydrogen) atoms. The van der Waals surface area contributed by atoms with Crippen molar-refractivity contribution in [3.63, 3.8) is 0 Å². The maximum Gasteiger partial charge on any atom is 0.269 e. The average Bonchev–Trinajstić information content (AvgIpc) is 3.22. The highest BCUT2D eigenvalue weighted by molar-refractivity contribution is 7.97. The van der Waals surface area contributed by atoms with E-state index in [0.29, 0.717) is 5.82 Å². The van der Waals surface area contributed by atoms with Crippen LogP contribution in [0.25, 0.3) is 11.4 Å². The molecule has 0 unspecified atom stereocenters. The van der Waals surface area contributed by atoms with Gasteiger partial charge in [-0.25, -0.2) is 4.98 Å². The number of nitro groups is 1. The molecule has 0 aliphatic rings. The van der Waals surface area contributed by atoms with Crippen LogP contribution in [0.2, 0.25) is 0 Å². The van der Waals surface area contributed by atoms with Crippen LogP contribution in [0.1, 0.15) is 41.5 Å². The molecule has 0 aliphatic heterocycles. The molecule has 0 aliphatic carbocycles. The van der Waals surface area contributed by atoms with E-state index in [1.54, 1.807) is 22.5 Å². The zero-order valence-corrected chi connectivity index (χ0v) is 17.6. The van der Waals surface area contributed by atoms with Gasteiger partial charge >= 0.3 is 0 Å². The third-order valence-corrected chi connectivity index (χ3v) is 3.60. The molecule has 0 N–H and O–H groups in total. The molecule has 0 bridgehead atoms. The van der Waals surface area contributed by atoms with Crippen molar-refractivity contribution in [2.45, 2.75) is 46.4 Å². The minimum atomic E-state index is -0.419. The Morgan fingerprint density at radius 2 is 1.44 bits per heavy atom. The number of hydrogen-bond acceptors (Lipinski definition) is 5. The number of rotatable bonds is 4. The van der Waals surface area contributed by atoms with Crippen LogP contribution in [-0.4, -0.2) is 19.1 Å². The molecule has 0 amide bonds. The molecule has 3 rings (SSSR count). The maximum atomic E-state index is 10.6. The number of aromatic nitrogens is 3. The average molecular weight is 389 g/mol. The van der Waals surface area contributed by atoms with E-state index in [9.17, 15) is 10.1 Å². The molecular formula is C20H28N4O2S. The van der Waals surface area contributed by atoms with Gasteiger partial charge in [0.15, 0.2) is 5.82 Å². The molecule has 146 valence electrons. The third-order valence-electron chi connectivity index (χ3n) is 2.75. The highest BCUT2D eigenvalue weighted by atomic mass is 32.2. The lowest BCUT2D eigenvalue weighted by Crippen LogP contribution is -1.90. The van der Waals surface area contributed by atoms with Crippen molar-refractivity contribution >= 4 is 17.6 Å². The molecule has 6 nitrogen and oxygen atoms in total. The zero-order chi connectivity index (χ0) is 20.7. The Morgan fingerprint density at radius 3 is 1.96 bits per heavy atom. The fourth-order valence-corrected chi connectivity index (χ4v) is 2.44. The Bertz CT molecular complexity index is 759. The molecule has 0 radical (unpaired) electrons. The quantitative estimate of drug-likeness (QED) is 0.377. The van der Waals surface area contributed by atoms with Gasteiger partial charge in [-0.1, -0.05) is 71.9 Å². The van der Waals surface area contributed by atoms with Gasteiger partial charge in [0, 0.05) is 34.5 Å². The molecule has 2 aromatic carbocycles. The summed E-state index contributed by atoms with van der Waals surface area (Å²) in [6.45, 7) is 12.0. The molecule has 1 aromatic heterocycles. The SMILES string of the molecule is CC.CC.CC.O=[N+]([O-])c1ccc(Sn2cnc(-c3ccccc3)n2)cc1. The van der Waals surface area contributed by atoms with Gasteiger partial charge in [-0.2, -0.15) is 4.09 Å². The second-order valence-electron chi connectivity index (χ2n) is 4.18. The van der Waals surface area contributed by atoms with Crippen LogP contribution in [-0.2, 0) is 0 Å². The number of non-ortho nitro benzene ring substituents is 1. The Labute approximate surface area is 165 Å². The van der Waals surface area contributed by atoms with Crippen molar-refractivity contribution in [3.8, 4) is 11.4 Å². The normalized spacial score (nSPS) is 8.81. The van der Waals surface area contributed by atoms with Gasteiger partial charge in [0.25, 0.3) is 5.69 Å². The summed E-state index contributed by atoms with van der Waals surface area (Å²) in [4.78, 5) is 15.3. The number of benzene rings is 2. The molecule has 0 saturated heterocycles. The van der Waals surface area contributed by atoms with Crippen LogP contribution >= 0.6 is 11.9 Å². The summed E-state index contributed by atoms with van der Waals surface area (Å²) in [7, 11) is 0. The molecular weight excluding hydrogens is 360 g/mol. The van der Waals surface area contributed by atoms with Crippen LogP contribution in [0.4, 0.5) is 5.69 Å². The lowest BCUT2D eigenvalue weighted by molar-refractivity contribution is -0.384. The number of nitro benzene ring substituents is 1. The minimum Gasteiger partial charge on any atom is -0.258 e. The number of hydrogen-bond donors (Lipinski definition) is 0. The standard InChI is InChI=1S/C14H10N4O2S.3C2H6/c19-18(20)12-6-8-13(9-7-12)21-17-10-15-14(16-17)11-4-2-1-3-5-11;3*1-2/h1-10H;3*1-2H3. The van der Waals surface area contributed by atoms with E-state index in [0.717, 1.165) is 10.5 Å². The predicted octanol–water partition coefficient (Wildman–Crippen LogP) is 6.49. The fourth-order valence-electron chi connectivity index (χ4n) is 1.75. The third kappa shape index (κ3) is 8.04. The summed E-state index contributed by atoms with van der Waals surface area (Å²) < 4.78 is 1.63. The van der Waals surface area contributed by atoms with Crippen LogP contribution < -0.4 is 0 Å². The van der Waals surface area contributed by atoms with E-state index in [1.165, 1.54) is 24.1 Å². The second-order valence-corrected chi connectivity index (χ2v) is 5.21. The van der Waals surface area contributed by atoms with Gasteiger partial charge in [-0.3, -0.25) is 10.1 Å². The molecule has 3 aromatic rings. The summed E-state index contributed by atoms with van der Waals surface area (Å²) in [6, 6.07) is 16.0. The van der Waals surface area contributed by atoms with Crippen LogP contribution in [0.3, 0.4) is 0 Å². The summed E-state index contributed by atoms with van der Waals surface area (Å²) in [6.07, 6.45) is 1.62.